The monoisotopic (exact) mass is 389 g/mol. The van der Waals surface area contributed by atoms with Gasteiger partial charge in [0.25, 0.3) is 0 Å². The number of thioether (sulfide) groups is 1. The predicted octanol–water partition coefficient (Wildman–Crippen LogP) is 5.61. The number of nitrogens with one attached hydrogen (secondary N) is 2. The summed E-state index contributed by atoms with van der Waals surface area (Å²) in [6.07, 6.45) is 0.854. The molecule has 0 saturated carbocycles. The van der Waals surface area contributed by atoms with Gasteiger partial charge >= 0.3 is 0 Å². The summed E-state index contributed by atoms with van der Waals surface area (Å²) in [7, 11) is 0. The van der Waals surface area contributed by atoms with Crippen LogP contribution in [0.25, 0.3) is 0 Å². The van der Waals surface area contributed by atoms with Gasteiger partial charge in [-0.2, -0.15) is 5.10 Å². The summed E-state index contributed by atoms with van der Waals surface area (Å²) in [6, 6.07) is 28.8. The first-order valence-electron chi connectivity index (χ1n) is 8.79. The Balaban J connectivity index is 1.54. The van der Waals surface area contributed by atoms with E-state index in [1.165, 1.54) is 16.0 Å². The first-order chi connectivity index (χ1) is 13.3. The van der Waals surface area contributed by atoms with Crippen LogP contribution in [0.5, 0.6) is 0 Å². The highest BCUT2D eigenvalue weighted by Gasteiger charge is 2.25. The maximum absolute atomic E-state index is 5.39. The Morgan fingerprint density at radius 3 is 2.33 bits per heavy atom. The molecule has 0 amide bonds. The fraction of sp³-hybridized carbons (Fsp3) is 0.0909. The van der Waals surface area contributed by atoms with Crippen molar-refractivity contribution < 1.29 is 0 Å². The third-order valence-corrected chi connectivity index (χ3v) is 5.87. The molecular formula is C22H19N3S2. The molecule has 1 heterocycles. The highest BCUT2D eigenvalue weighted by Crippen LogP contribution is 2.44. The molecule has 0 aliphatic carbocycles. The molecule has 0 bridgehead atoms. The van der Waals surface area contributed by atoms with Crippen LogP contribution in [0, 0.1) is 0 Å². The van der Waals surface area contributed by atoms with Gasteiger partial charge in [0.15, 0.2) is 5.11 Å². The van der Waals surface area contributed by atoms with Crippen molar-refractivity contribution in [3.8, 4) is 0 Å². The van der Waals surface area contributed by atoms with Gasteiger partial charge in [-0.3, -0.25) is 5.43 Å². The minimum absolute atomic E-state index is 0.345. The van der Waals surface area contributed by atoms with Crippen molar-refractivity contribution in [2.24, 2.45) is 5.10 Å². The van der Waals surface area contributed by atoms with E-state index in [1.54, 1.807) is 0 Å². The minimum atomic E-state index is 0.345. The SMILES string of the molecule is S=C(N/N=C1/C[C@@H](c2ccccc2)Sc2ccccc21)Nc1ccccc1. The highest BCUT2D eigenvalue weighted by atomic mass is 32.2. The molecule has 27 heavy (non-hydrogen) atoms. The lowest BCUT2D eigenvalue weighted by Gasteiger charge is -2.25. The van der Waals surface area contributed by atoms with Gasteiger partial charge in [0.05, 0.1) is 5.71 Å². The van der Waals surface area contributed by atoms with Crippen LogP contribution in [0.2, 0.25) is 0 Å². The van der Waals surface area contributed by atoms with Crippen molar-refractivity contribution in [1.29, 1.82) is 0 Å². The van der Waals surface area contributed by atoms with Crippen molar-refractivity contribution in [3.05, 3.63) is 96.1 Å². The number of hydrogen-bond donors (Lipinski definition) is 2. The van der Waals surface area contributed by atoms with E-state index in [9.17, 15) is 0 Å². The summed E-state index contributed by atoms with van der Waals surface area (Å²) < 4.78 is 0. The van der Waals surface area contributed by atoms with Crippen LogP contribution in [0.3, 0.4) is 0 Å². The molecule has 0 saturated heterocycles. The van der Waals surface area contributed by atoms with Gasteiger partial charge in [-0.05, 0) is 36.0 Å². The van der Waals surface area contributed by atoms with Gasteiger partial charge in [0.1, 0.15) is 0 Å². The Hall–Kier alpha value is -2.63. The van der Waals surface area contributed by atoms with Gasteiger partial charge in [0, 0.05) is 27.8 Å². The zero-order chi connectivity index (χ0) is 18.5. The summed E-state index contributed by atoms with van der Waals surface area (Å²) >= 11 is 7.29. The second-order valence-corrected chi connectivity index (χ2v) is 7.86. The van der Waals surface area contributed by atoms with Crippen molar-refractivity contribution in [1.82, 2.24) is 5.43 Å². The summed E-state index contributed by atoms with van der Waals surface area (Å²) in [4.78, 5) is 1.25. The van der Waals surface area contributed by atoms with E-state index in [1.807, 2.05) is 42.1 Å². The van der Waals surface area contributed by atoms with Gasteiger partial charge < -0.3 is 5.32 Å². The predicted molar refractivity (Wildman–Crippen MR) is 118 cm³/mol. The van der Waals surface area contributed by atoms with Crippen LogP contribution in [0.15, 0.2) is 94.9 Å². The van der Waals surface area contributed by atoms with Gasteiger partial charge in [-0.15, -0.1) is 11.8 Å². The molecule has 1 aliphatic heterocycles. The summed E-state index contributed by atoms with van der Waals surface area (Å²) in [5, 5.41) is 8.63. The number of anilines is 1. The Morgan fingerprint density at radius 2 is 1.56 bits per heavy atom. The van der Waals surface area contributed by atoms with Crippen LogP contribution >= 0.6 is 24.0 Å². The number of fused-ring (bicyclic) bond motifs is 1. The lowest BCUT2D eigenvalue weighted by atomic mass is 10.0. The normalized spacial score (nSPS) is 17.2. The topological polar surface area (TPSA) is 36.4 Å². The second-order valence-electron chi connectivity index (χ2n) is 6.21. The van der Waals surface area contributed by atoms with E-state index < -0.39 is 0 Å². The van der Waals surface area contributed by atoms with Crippen LogP contribution in [-0.4, -0.2) is 10.8 Å². The number of hydrogen-bond acceptors (Lipinski definition) is 3. The molecule has 134 valence electrons. The van der Waals surface area contributed by atoms with E-state index in [0.717, 1.165) is 17.8 Å². The van der Waals surface area contributed by atoms with Crippen LogP contribution in [-0.2, 0) is 0 Å². The molecule has 0 fully saturated rings. The fourth-order valence-corrected chi connectivity index (χ4v) is 4.52. The first-order valence-corrected chi connectivity index (χ1v) is 10.1. The summed E-state index contributed by atoms with van der Waals surface area (Å²) in [5.41, 5.74) is 7.46. The lowest BCUT2D eigenvalue weighted by molar-refractivity contribution is 0.944. The summed E-state index contributed by atoms with van der Waals surface area (Å²) in [5.74, 6) is 0. The molecule has 3 aromatic rings. The molecule has 0 aromatic heterocycles. The van der Waals surface area contributed by atoms with E-state index >= 15 is 0 Å². The van der Waals surface area contributed by atoms with E-state index in [-0.39, 0.29) is 0 Å². The molecule has 3 aromatic carbocycles. The molecule has 1 aliphatic rings. The molecular weight excluding hydrogens is 370 g/mol. The Bertz CT molecular complexity index is 956. The lowest BCUT2D eigenvalue weighted by Crippen LogP contribution is -2.26. The molecule has 0 unspecified atom stereocenters. The average molecular weight is 390 g/mol. The van der Waals surface area contributed by atoms with E-state index in [0.29, 0.717) is 10.4 Å². The maximum atomic E-state index is 5.39. The second kappa shape index (κ2) is 8.37. The largest absolute Gasteiger partial charge is 0.331 e. The molecule has 5 heteroatoms. The standard InChI is InChI=1S/C22H19N3S2/c26-22(23-17-11-5-2-6-12-17)25-24-19-15-21(16-9-3-1-4-10-16)27-20-14-8-7-13-18(19)20/h1-14,21H,15H2,(H2,23,25,26)/b24-19-/t21-/m0/s1. The molecule has 1 atom stereocenters. The Morgan fingerprint density at radius 1 is 0.889 bits per heavy atom. The molecule has 0 spiro atoms. The van der Waals surface area contributed by atoms with Gasteiger partial charge in [-0.25, -0.2) is 0 Å². The molecule has 0 radical (unpaired) electrons. The van der Waals surface area contributed by atoms with Crippen LogP contribution in [0.4, 0.5) is 5.69 Å². The number of thiocarbonyl (C=S) groups is 1. The fourth-order valence-electron chi connectivity index (χ4n) is 3.05. The van der Waals surface area contributed by atoms with Crippen molar-refractivity contribution in [3.63, 3.8) is 0 Å². The third kappa shape index (κ3) is 4.38. The number of benzene rings is 3. The van der Waals surface area contributed by atoms with E-state index in [2.05, 4.69) is 70.4 Å². The van der Waals surface area contributed by atoms with Crippen molar-refractivity contribution >= 4 is 40.5 Å². The number of hydrazone groups is 1. The summed E-state index contributed by atoms with van der Waals surface area (Å²) in [6.45, 7) is 0. The molecule has 3 nitrogen and oxygen atoms in total. The van der Waals surface area contributed by atoms with Crippen LogP contribution in [0.1, 0.15) is 22.8 Å². The number of para-hydroxylation sites is 1. The Labute approximate surface area is 168 Å². The molecule has 2 N–H and O–H groups in total. The van der Waals surface area contributed by atoms with Gasteiger partial charge in [0.2, 0.25) is 0 Å². The van der Waals surface area contributed by atoms with Crippen molar-refractivity contribution in [2.75, 3.05) is 5.32 Å². The van der Waals surface area contributed by atoms with E-state index in [4.69, 9.17) is 12.2 Å². The maximum Gasteiger partial charge on any atom is 0.191 e. The molecule has 4 rings (SSSR count). The van der Waals surface area contributed by atoms with Crippen molar-refractivity contribution in [2.45, 2.75) is 16.6 Å². The third-order valence-electron chi connectivity index (χ3n) is 4.34. The zero-order valence-electron chi connectivity index (χ0n) is 14.6. The number of nitrogens with zero attached hydrogens (tertiary/aromatic N) is 1. The van der Waals surface area contributed by atoms with Crippen LogP contribution < -0.4 is 10.7 Å². The number of rotatable bonds is 3. The smallest absolute Gasteiger partial charge is 0.191 e. The zero-order valence-corrected chi connectivity index (χ0v) is 16.3. The first kappa shape index (κ1) is 17.8. The average Bonchev–Trinajstić information content (AvgIpc) is 2.73. The Kier molecular flexibility index (Phi) is 5.51. The minimum Gasteiger partial charge on any atom is -0.331 e. The highest BCUT2D eigenvalue weighted by molar-refractivity contribution is 7.99. The van der Waals surface area contributed by atoms with Gasteiger partial charge in [-0.1, -0.05) is 66.7 Å². The quantitative estimate of drug-likeness (QED) is 0.451.